The van der Waals surface area contributed by atoms with Gasteiger partial charge in [-0.3, -0.25) is 9.69 Å². The fraction of sp³-hybridized carbons (Fsp3) is 0.773. The molecule has 2 aliphatic heterocycles. The lowest BCUT2D eigenvalue weighted by molar-refractivity contribution is -0.285. The number of piperidine rings is 1. The molecule has 2 saturated heterocycles. The van der Waals surface area contributed by atoms with E-state index >= 15 is 0 Å². The third kappa shape index (κ3) is 1.56. The zero-order valence-electron chi connectivity index (χ0n) is 16.5. The first-order valence-electron chi connectivity index (χ1n) is 10.7. The van der Waals surface area contributed by atoms with Gasteiger partial charge in [-0.25, -0.2) is 0 Å². The number of aliphatic hydroxyl groups excluding tert-OH is 1. The molecular weight excluding hydrogens is 358 g/mol. The second-order valence-corrected chi connectivity index (χ2v) is 10.1. The fourth-order valence-corrected chi connectivity index (χ4v) is 8.42. The van der Waals surface area contributed by atoms with Crippen LogP contribution in [-0.2, 0) is 9.53 Å². The van der Waals surface area contributed by atoms with Crippen LogP contribution in [0.2, 0.25) is 0 Å². The predicted octanol–water partition coefficient (Wildman–Crippen LogP) is 0.824. The van der Waals surface area contributed by atoms with Gasteiger partial charge in [-0.05, 0) is 43.1 Å². The fourth-order valence-electron chi connectivity index (χ4n) is 8.42. The zero-order chi connectivity index (χ0) is 19.6. The third-order valence-corrected chi connectivity index (χ3v) is 9.33. The molecule has 2 heterocycles. The standard InChI is InChI=1S/C22H29NO5/c1-11-9-23-10-12-7-17(24)14-4-3-13-15(19(25)28-2)8-20(18(13)14)21(12,26)6-5-16(11)22(20,23)27/h5-6,11-13,15-17,24,26-27H,3-4,7-10H2,1-2H3. The van der Waals surface area contributed by atoms with E-state index in [9.17, 15) is 20.1 Å². The summed E-state index contributed by atoms with van der Waals surface area (Å²) in [6, 6.07) is 0. The Balaban J connectivity index is 1.68. The minimum atomic E-state index is -1.25. The molecule has 4 bridgehead atoms. The Labute approximate surface area is 164 Å². The molecule has 1 spiro atoms. The maximum Gasteiger partial charge on any atom is 0.309 e. The lowest BCUT2D eigenvalue weighted by Crippen LogP contribution is -2.76. The highest BCUT2D eigenvalue weighted by molar-refractivity contribution is 5.76. The van der Waals surface area contributed by atoms with Crippen molar-refractivity contribution >= 4 is 5.97 Å². The summed E-state index contributed by atoms with van der Waals surface area (Å²) in [7, 11) is 1.41. The van der Waals surface area contributed by atoms with E-state index in [-0.39, 0.29) is 35.6 Å². The van der Waals surface area contributed by atoms with Gasteiger partial charge in [0, 0.05) is 24.9 Å². The largest absolute Gasteiger partial charge is 0.469 e. The molecule has 3 fully saturated rings. The van der Waals surface area contributed by atoms with Crippen molar-refractivity contribution in [3.05, 3.63) is 23.3 Å². The van der Waals surface area contributed by atoms with E-state index in [1.54, 1.807) is 0 Å². The first-order valence-corrected chi connectivity index (χ1v) is 10.7. The number of nitrogens with zero attached hydrogens (tertiary/aromatic N) is 1. The van der Waals surface area contributed by atoms with Gasteiger partial charge in [0.05, 0.1) is 24.5 Å². The number of methoxy groups -OCH3 is 1. The van der Waals surface area contributed by atoms with E-state index in [0.29, 0.717) is 19.4 Å². The SMILES string of the molecule is COC(=O)C1CC23C4=C(CCC41)C(O)CC1CN4CC(C)C(C=CC12O)C43O. The topological polar surface area (TPSA) is 90.2 Å². The predicted molar refractivity (Wildman–Crippen MR) is 99.7 cm³/mol. The molecule has 1 saturated carbocycles. The van der Waals surface area contributed by atoms with E-state index in [1.165, 1.54) is 7.11 Å². The first kappa shape index (κ1) is 17.6. The molecule has 0 aromatic rings. The van der Waals surface area contributed by atoms with E-state index in [4.69, 9.17) is 4.74 Å². The van der Waals surface area contributed by atoms with Gasteiger partial charge in [0.25, 0.3) is 0 Å². The van der Waals surface area contributed by atoms with Gasteiger partial charge in [-0.15, -0.1) is 0 Å². The third-order valence-electron chi connectivity index (χ3n) is 9.33. The maximum absolute atomic E-state index is 12.7. The van der Waals surface area contributed by atoms with Crippen LogP contribution in [0.4, 0.5) is 0 Å². The van der Waals surface area contributed by atoms with Crippen molar-refractivity contribution < 1.29 is 24.9 Å². The molecule has 4 aliphatic carbocycles. The highest BCUT2D eigenvalue weighted by Gasteiger charge is 2.81. The minimum absolute atomic E-state index is 0.0607. The van der Waals surface area contributed by atoms with Crippen LogP contribution in [0.1, 0.15) is 32.6 Å². The molecule has 9 atom stereocenters. The number of carbonyl (C=O) groups excluding carboxylic acids is 1. The van der Waals surface area contributed by atoms with Crippen LogP contribution in [0.25, 0.3) is 0 Å². The molecule has 152 valence electrons. The average Bonchev–Trinajstić information content (AvgIpc) is 3.29. The van der Waals surface area contributed by atoms with Crippen LogP contribution in [0.5, 0.6) is 0 Å². The van der Waals surface area contributed by atoms with E-state index in [2.05, 4.69) is 11.8 Å². The quantitative estimate of drug-likeness (QED) is 0.456. The van der Waals surface area contributed by atoms with Crippen molar-refractivity contribution in [1.82, 2.24) is 4.90 Å². The summed E-state index contributed by atoms with van der Waals surface area (Å²) in [5.41, 5.74) is -1.46. The van der Waals surface area contributed by atoms with Crippen LogP contribution in [0.3, 0.4) is 0 Å². The van der Waals surface area contributed by atoms with Crippen molar-refractivity contribution in [2.24, 2.45) is 35.0 Å². The summed E-state index contributed by atoms with van der Waals surface area (Å²) in [6.45, 7) is 3.50. The monoisotopic (exact) mass is 387 g/mol. The number of aliphatic hydroxyl groups is 3. The molecule has 3 N–H and O–H groups in total. The van der Waals surface area contributed by atoms with Crippen molar-refractivity contribution in [3.8, 4) is 0 Å². The van der Waals surface area contributed by atoms with Crippen LogP contribution in [-0.4, -0.2) is 63.8 Å². The molecule has 0 radical (unpaired) electrons. The average molecular weight is 387 g/mol. The summed E-state index contributed by atoms with van der Waals surface area (Å²) in [5, 5.41) is 35.7. The molecule has 6 aliphatic rings. The van der Waals surface area contributed by atoms with Crippen molar-refractivity contribution in [2.75, 3.05) is 20.2 Å². The number of carbonyl (C=O) groups is 1. The summed E-state index contributed by atoms with van der Waals surface area (Å²) < 4.78 is 5.14. The highest BCUT2D eigenvalue weighted by atomic mass is 16.5. The number of hydrogen-bond donors (Lipinski definition) is 3. The second kappa shape index (κ2) is 5.09. The Morgan fingerprint density at radius 3 is 2.86 bits per heavy atom. The van der Waals surface area contributed by atoms with Crippen LogP contribution >= 0.6 is 0 Å². The lowest BCUT2D eigenvalue weighted by atomic mass is 9.49. The summed E-state index contributed by atoms with van der Waals surface area (Å²) >= 11 is 0. The normalized spacial score (nSPS) is 56.0. The van der Waals surface area contributed by atoms with Crippen LogP contribution in [0, 0.1) is 35.0 Å². The number of esters is 1. The molecule has 28 heavy (non-hydrogen) atoms. The summed E-state index contributed by atoms with van der Waals surface area (Å²) in [6.07, 6.45) is 5.74. The van der Waals surface area contributed by atoms with Gasteiger partial charge in [0.15, 0.2) is 0 Å². The van der Waals surface area contributed by atoms with Gasteiger partial charge >= 0.3 is 5.97 Å². The van der Waals surface area contributed by atoms with Gasteiger partial charge in [-0.1, -0.05) is 24.6 Å². The Bertz CT molecular complexity index is 837. The van der Waals surface area contributed by atoms with Crippen molar-refractivity contribution in [1.29, 1.82) is 0 Å². The van der Waals surface area contributed by atoms with Gasteiger partial charge in [-0.2, -0.15) is 0 Å². The first-order chi connectivity index (χ1) is 13.3. The Kier molecular flexibility index (Phi) is 3.21. The van der Waals surface area contributed by atoms with E-state index in [0.717, 1.165) is 30.5 Å². The minimum Gasteiger partial charge on any atom is -0.469 e. The molecule has 6 nitrogen and oxygen atoms in total. The lowest BCUT2D eigenvalue weighted by Gasteiger charge is -2.65. The maximum atomic E-state index is 12.7. The van der Waals surface area contributed by atoms with Gasteiger partial charge in [0.1, 0.15) is 11.3 Å². The molecule has 6 heteroatoms. The molecule has 0 aromatic carbocycles. The number of ether oxygens (including phenoxy) is 1. The Morgan fingerprint density at radius 1 is 1.32 bits per heavy atom. The van der Waals surface area contributed by atoms with Crippen molar-refractivity contribution in [2.45, 2.75) is 50.0 Å². The van der Waals surface area contributed by atoms with E-state index in [1.807, 2.05) is 12.2 Å². The van der Waals surface area contributed by atoms with E-state index < -0.39 is 22.8 Å². The zero-order valence-corrected chi connectivity index (χ0v) is 16.5. The Morgan fingerprint density at radius 2 is 2.11 bits per heavy atom. The number of hydrogen-bond acceptors (Lipinski definition) is 6. The molecular formula is C22H29NO5. The van der Waals surface area contributed by atoms with Gasteiger partial charge < -0.3 is 20.1 Å². The Hall–Kier alpha value is -1.21. The molecule has 0 aromatic heterocycles. The summed E-state index contributed by atoms with van der Waals surface area (Å²) in [5.74, 6) is -0.686. The highest BCUT2D eigenvalue weighted by Crippen LogP contribution is 2.75. The molecule has 0 amide bonds. The molecule has 6 rings (SSSR count). The smallest absolute Gasteiger partial charge is 0.309 e. The molecule has 9 unspecified atom stereocenters. The summed E-state index contributed by atoms with van der Waals surface area (Å²) in [4.78, 5) is 14.9. The van der Waals surface area contributed by atoms with Crippen LogP contribution in [0.15, 0.2) is 23.3 Å². The van der Waals surface area contributed by atoms with Crippen molar-refractivity contribution in [3.63, 3.8) is 0 Å². The van der Waals surface area contributed by atoms with Crippen LogP contribution < -0.4 is 0 Å². The van der Waals surface area contributed by atoms with Gasteiger partial charge in [0.2, 0.25) is 0 Å². The number of rotatable bonds is 1. The second-order valence-electron chi connectivity index (χ2n) is 10.1.